The van der Waals surface area contributed by atoms with E-state index in [1.165, 1.54) is 114 Å². The molecule has 1 unspecified atom stereocenters. The molecule has 0 radical (unpaired) electrons. The number of anilines is 2. The lowest BCUT2D eigenvalue weighted by atomic mass is 9.61. The minimum absolute atomic E-state index is 0.0283. The number of benzene rings is 4. The van der Waals surface area contributed by atoms with Gasteiger partial charge in [0, 0.05) is 16.8 Å². The van der Waals surface area contributed by atoms with Crippen LogP contribution in [0.1, 0.15) is 127 Å². The Morgan fingerprint density at radius 1 is 0.521 bits per heavy atom. The van der Waals surface area contributed by atoms with Crippen LogP contribution in [0.4, 0.5) is 11.4 Å². The van der Waals surface area contributed by atoms with Gasteiger partial charge < -0.3 is 20.9 Å². The maximum Gasteiger partial charge on any atom is 0.127 e. The highest BCUT2D eigenvalue weighted by atomic mass is 16.5. The maximum absolute atomic E-state index is 6.16. The molecule has 0 amide bonds. The highest BCUT2D eigenvalue weighted by molar-refractivity contribution is 5.47. The molecule has 5 rings (SSSR count). The molecule has 1 aliphatic rings. The fraction of sp³-hybridized carbons (Fsp3) is 0.455. The van der Waals surface area contributed by atoms with Crippen molar-refractivity contribution in [2.45, 2.75) is 121 Å². The Morgan fingerprint density at radius 3 is 1.31 bits per heavy atom. The molecule has 4 N–H and O–H groups in total. The summed E-state index contributed by atoms with van der Waals surface area (Å²) in [6.07, 6.45) is 23.0. The summed E-state index contributed by atoms with van der Waals surface area (Å²) in [4.78, 5) is 0. The molecule has 48 heavy (non-hydrogen) atoms. The maximum atomic E-state index is 6.16. The monoisotopic (exact) mass is 646 g/mol. The molecule has 4 aromatic carbocycles. The number of nitrogen functional groups attached to an aromatic ring is 2. The van der Waals surface area contributed by atoms with Gasteiger partial charge in [-0.05, 0) is 103 Å². The first-order valence-electron chi connectivity index (χ1n) is 18.8. The van der Waals surface area contributed by atoms with E-state index in [1.54, 1.807) is 0 Å². The van der Waals surface area contributed by atoms with E-state index in [9.17, 15) is 0 Å². The van der Waals surface area contributed by atoms with Crippen LogP contribution in [0.15, 0.2) is 97.1 Å². The number of nitrogens with two attached hydrogens (primary N) is 2. The Hall–Kier alpha value is -3.92. The van der Waals surface area contributed by atoms with Crippen molar-refractivity contribution in [1.29, 1.82) is 0 Å². The first-order valence-corrected chi connectivity index (χ1v) is 18.8. The fourth-order valence-corrected chi connectivity index (χ4v) is 7.63. The SMILES string of the molecule is CCCCCCCCCCCCCCC1CCCC(c2ccc(Oc3ccc(N)cc3)cc2)(c2ccc(Oc3ccc(N)cc3)cc2)C1. The van der Waals surface area contributed by atoms with E-state index in [-0.39, 0.29) is 5.41 Å². The zero-order valence-corrected chi connectivity index (χ0v) is 29.3. The van der Waals surface area contributed by atoms with Crippen LogP contribution in [0.2, 0.25) is 0 Å². The van der Waals surface area contributed by atoms with Gasteiger partial charge in [-0.1, -0.05) is 128 Å². The summed E-state index contributed by atoms with van der Waals surface area (Å²) >= 11 is 0. The van der Waals surface area contributed by atoms with Crippen molar-refractivity contribution in [1.82, 2.24) is 0 Å². The van der Waals surface area contributed by atoms with Gasteiger partial charge in [-0.25, -0.2) is 0 Å². The highest BCUT2D eigenvalue weighted by Crippen LogP contribution is 2.49. The second-order valence-corrected chi connectivity index (χ2v) is 14.1. The van der Waals surface area contributed by atoms with E-state index in [1.807, 2.05) is 48.5 Å². The van der Waals surface area contributed by atoms with E-state index in [0.29, 0.717) is 0 Å². The van der Waals surface area contributed by atoms with Gasteiger partial charge in [-0.15, -0.1) is 0 Å². The fourth-order valence-electron chi connectivity index (χ4n) is 7.63. The van der Waals surface area contributed by atoms with Gasteiger partial charge >= 0.3 is 0 Å². The largest absolute Gasteiger partial charge is 0.457 e. The van der Waals surface area contributed by atoms with E-state index < -0.39 is 0 Å². The summed E-state index contributed by atoms with van der Waals surface area (Å²) in [5.74, 6) is 4.01. The molecule has 1 atom stereocenters. The standard InChI is InChI=1S/C44H58N2O2/c1-2-3-4-5-6-7-8-9-10-11-12-13-15-35-16-14-33-44(34-35,36-17-25-40(26-18-36)47-42-29-21-38(45)22-30-42)37-19-27-41(28-20-37)48-43-31-23-39(46)24-32-43/h17-32,35H,2-16,33-34,45-46H2,1H3. The summed E-state index contributed by atoms with van der Waals surface area (Å²) in [6.45, 7) is 2.29. The lowest BCUT2D eigenvalue weighted by Gasteiger charge is -2.42. The minimum atomic E-state index is -0.0283. The molecule has 1 saturated carbocycles. The van der Waals surface area contributed by atoms with Gasteiger partial charge in [0.05, 0.1) is 0 Å². The molecule has 0 saturated heterocycles. The van der Waals surface area contributed by atoms with E-state index in [0.717, 1.165) is 46.7 Å². The predicted octanol–water partition coefficient (Wildman–Crippen LogP) is 13.0. The second kappa shape index (κ2) is 18.6. The van der Waals surface area contributed by atoms with Crippen molar-refractivity contribution >= 4 is 11.4 Å². The number of hydrogen-bond donors (Lipinski definition) is 2. The third-order valence-electron chi connectivity index (χ3n) is 10.4. The molecular formula is C44H58N2O2. The van der Waals surface area contributed by atoms with Crippen LogP contribution in [-0.4, -0.2) is 0 Å². The van der Waals surface area contributed by atoms with Crippen molar-refractivity contribution in [3.8, 4) is 23.0 Å². The molecule has 4 nitrogen and oxygen atoms in total. The normalized spacial score (nSPS) is 15.6. The van der Waals surface area contributed by atoms with Crippen LogP contribution in [0.3, 0.4) is 0 Å². The molecule has 0 spiro atoms. The number of hydrogen-bond acceptors (Lipinski definition) is 4. The topological polar surface area (TPSA) is 70.5 Å². The molecule has 0 aromatic heterocycles. The van der Waals surface area contributed by atoms with Gasteiger partial charge in [-0.2, -0.15) is 0 Å². The lowest BCUT2D eigenvalue weighted by molar-refractivity contribution is 0.240. The van der Waals surface area contributed by atoms with Crippen LogP contribution < -0.4 is 20.9 Å². The van der Waals surface area contributed by atoms with Crippen molar-refractivity contribution in [2.75, 3.05) is 11.5 Å². The Morgan fingerprint density at radius 2 is 0.896 bits per heavy atom. The van der Waals surface area contributed by atoms with Crippen molar-refractivity contribution in [3.63, 3.8) is 0 Å². The quantitative estimate of drug-likeness (QED) is 0.0785. The Labute approximate surface area is 290 Å². The van der Waals surface area contributed by atoms with Crippen molar-refractivity contribution in [2.24, 2.45) is 5.92 Å². The molecule has 0 heterocycles. The van der Waals surface area contributed by atoms with Crippen molar-refractivity contribution in [3.05, 3.63) is 108 Å². The van der Waals surface area contributed by atoms with Gasteiger partial charge in [-0.3, -0.25) is 0 Å². The smallest absolute Gasteiger partial charge is 0.127 e. The lowest BCUT2D eigenvalue weighted by Crippen LogP contribution is -2.34. The average molecular weight is 647 g/mol. The Kier molecular flexibility index (Phi) is 13.7. The third kappa shape index (κ3) is 10.5. The summed E-state index contributed by atoms with van der Waals surface area (Å²) in [7, 11) is 0. The molecule has 256 valence electrons. The zero-order chi connectivity index (χ0) is 33.4. The summed E-state index contributed by atoms with van der Waals surface area (Å²) in [5, 5.41) is 0. The van der Waals surface area contributed by atoms with Gasteiger partial charge in [0.2, 0.25) is 0 Å². The molecule has 4 heteroatoms. The summed E-state index contributed by atoms with van der Waals surface area (Å²) < 4.78 is 12.3. The van der Waals surface area contributed by atoms with Crippen LogP contribution in [0, 0.1) is 5.92 Å². The van der Waals surface area contributed by atoms with E-state index in [2.05, 4.69) is 55.5 Å². The predicted molar refractivity (Wildman–Crippen MR) is 203 cm³/mol. The molecule has 4 aromatic rings. The van der Waals surface area contributed by atoms with Gasteiger partial charge in [0.15, 0.2) is 0 Å². The van der Waals surface area contributed by atoms with Crippen LogP contribution in [-0.2, 0) is 5.41 Å². The van der Waals surface area contributed by atoms with Gasteiger partial charge in [0.25, 0.3) is 0 Å². The summed E-state index contributed by atoms with van der Waals surface area (Å²) in [6, 6.07) is 32.8. The van der Waals surface area contributed by atoms with Gasteiger partial charge in [0.1, 0.15) is 23.0 Å². The number of ether oxygens (including phenoxy) is 2. The minimum Gasteiger partial charge on any atom is -0.457 e. The highest BCUT2D eigenvalue weighted by Gasteiger charge is 2.39. The molecular weight excluding hydrogens is 588 g/mol. The zero-order valence-electron chi connectivity index (χ0n) is 29.3. The number of rotatable bonds is 19. The Bertz CT molecular complexity index is 1370. The van der Waals surface area contributed by atoms with Crippen molar-refractivity contribution < 1.29 is 9.47 Å². The first kappa shape index (κ1) is 35.4. The molecule has 1 aliphatic carbocycles. The van der Waals surface area contributed by atoms with Crippen LogP contribution in [0.5, 0.6) is 23.0 Å². The third-order valence-corrected chi connectivity index (χ3v) is 10.4. The van der Waals surface area contributed by atoms with E-state index in [4.69, 9.17) is 20.9 Å². The average Bonchev–Trinajstić information content (AvgIpc) is 3.11. The van der Waals surface area contributed by atoms with Crippen LogP contribution in [0.25, 0.3) is 0 Å². The molecule has 1 fully saturated rings. The molecule has 0 bridgehead atoms. The Balaban J connectivity index is 1.21. The second-order valence-electron chi connectivity index (χ2n) is 14.1. The number of unbranched alkanes of at least 4 members (excludes halogenated alkanes) is 11. The van der Waals surface area contributed by atoms with Crippen LogP contribution >= 0.6 is 0 Å². The first-order chi connectivity index (χ1) is 23.5. The summed E-state index contributed by atoms with van der Waals surface area (Å²) in [5.41, 5.74) is 15.9. The van der Waals surface area contributed by atoms with E-state index >= 15 is 0 Å². The molecule has 0 aliphatic heterocycles.